The highest BCUT2D eigenvalue weighted by Crippen LogP contribution is 2.34. The van der Waals surface area contributed by atoms with E-state index in [0.29, 0.717) is 17.9 Å². The third-order valence-corrected chi connectivity index (χ3v) is 4.92. The van der Waals surface area contributed by atoms with Crippen LogP contribution in [-0.4, -0.2) is 64.0 Å². The van der Waals surface area contributed by atoms with Crippen molar-refractivity contribution in [2.75, 3.05) is 50.0 Å². The summed E-state index contributed by atoms with van der Waals surface area (Å²) in [5, 5.41) is 10.3. The molecule has 11 heteroatoms. The van der Waals surface area contributed by atoms with Gasteiger partial charge in [0.25, 0.3) is 0 Å². The topological polar surface area (TPSA) is 80.1 Å². The van der Waals surface area contributed by atoms with E-state index < -0.39 is 11.7 Å². The Hall–Kier alpha value is -2.40. The molecule has 0 unspecified atom stereocenters. The number of rotatable bonds is 7. The van der Waals surface area contributed by atoms with Gasteiger partial charge in [-0.05, 0) is 27.7 Å². The van der Waals surface area contributed by atoms with Crippen molar-refractivity contribution in [1.29, 1.82) is 0 Å². The van der Waals surface area contributed by atoms with Gasteiger partial charge in [0, 0.05) is 38.6 Å². The van der Waals surface area contributed by atoms with Crippen LogP contribution in [0.25, 0.3) is 0 Å². The predicted octanol–water partition coefficient (Wildman–Crippen LogP) is 3.24. The molecule has 30 heavy (non-hydrogen) atoms. The molecule has 0 aromatic carbocycles. The van der Waals surface area contributed by atoms with Crippen molar-refractivity contribution >= 4 is 17.5 Å². The van der Waals surface area contributed by atoms with Crippen molar-refractivity contribution < 1.29 is 17.9 Å². The van der Waals surface area contributed by atoms with Gasteiger partial charge in [0.1, 0.15) is 11.4 Å². The maximum absolute atomic E-state index is 13.2. The van der Waals surface area contributed by atoms with Crippen LogP contribution in [0.2, 0.25) is 0 Å². The number of hydrogen-bond donors (Lipinski definition) is 2. The second-order valence-corrected chi connectivity index (χ2v) is 7.88. The fourth-order valence-electron chi connectivity index (χ4n) is 3.34. The molecule has 0 spiro atoms. The first-order valence-electron chi connectivity index (χ1n) is 9.92. The molecule has 3 rings (SSSR count). The van der Waals surface area contributed by atoms with Crippen LogP contribution >= 0.6 is 0 Å². The van der Waals surface area contributed by atoms with Crippen LogP contribution in [0.5, 0.6) is 0 Å². The first-order chi connectivity index (χ1) is 14.1. The van der Waals surface area contributed by atoms with Crippen LogP contribution in [0.15, 0.2) is 12.4 Å². The van der Waals surface area contributed by atoms with Crippen molar-refractivity contribution in [2.45, 2.75) is 39.4 Å². The van der Waals surface area contributed by atoms with E-state index in [2.05, 4.69) is 44.4 Å². The Balaban J connectivity index is 1.79. The number of nitrogens with one attached hydrogen (secondary N) is 2. The average molecular weight is 427 g/mol. The SMILES string of the molecule is CCNc1nc(Nc2cn(C(C)(C)CN3CCOCC3)nc2C)ncc1C(F)(F)F. The zero-order valence-corrected chi connectivity index (χ0v) is 17.7. The van der Waals surface area contributed by atoms with Crippen LogP contribution in [0.4, 0.5) is 30.6 Å². The van der Waals surface area contributed by atoms with Gasteiger partial charge in [0.15, 0.2) is 0 Å². The van der Waals surface area contributed by atoms with Gasteiger partial charge in [-0.25, -0.2) is 4.98 Å². The Kier molecular flexibility index (Phi) is 6.51. The van der Waals surface area contributed by atoms with Gasteiger partial charge >= 0.3 is 6.18 Å². The number of hydrogen-bond acceptors (Lipinski definition) is 7. The molecule has 2 aromatic rings. The monoisotopic (exact) mass is 427 g/mol. The molecule has 3 heterocycles. The summed E-state index contributed by atoms with van der Waals surface area (Å²) in [6.45, 7) is 12.0. The highest BCUT2D eigenvalue weighted by molar-refractivity contribution is 5.58. The molecule has 8 nitrogen and oxygen atoms in total. The molecule has 1 saturated heterocycles. The molecule has 1 fully saturated rings. The summed E-state index contributed by atoms with van der Waals surface area (Å²) >= 11 is 0. The number of morpholine rings is 1. The van der Waals surface area contributed by atoms with Crippen LogP contribution in [0.1, 0.15) is 32.0 Å². The van der Waals surface area contributed by atoms with E-state index >= 15 is 0 Å². The minimum atomic E-state index is -4.53. The fourth-order valence-corrected chi connectivity index (χ4v) is 3.34. The van der Waals surface area contributed by atoms with Crippen molar-refractivity contribution in [3.05, 3.63) is 23.7 Å². The Labute approximate surface area is 173 Å². The minimum absolute atomic E-state index is 0.0765. The van der Waals surface area contributed by atoms with Gasteiger partial charge in [0.2, 0.25) is 5.95 Å². The molecular formula is C19H28F3N7O. The summed E-state index contributed by atoms with van der Waals surface area (Å²) in [5.74, 6) is -0.173. The number of anilines is 3. The van der Waals surface area contributed by atoms with E-state index in [-0.39, 0.29) is 17.3 Å². The van der Waals surface area contributed by atoms with Crippen molar-refractivity contribution in [1.82, 2.24) is 24.6 Å². The first-order valence-corrected chi connectivity index (χ1v) is 9.92. The molecule has 0 bridgehead atoms. The van der Waals surface area contributed by atoms with Gasteiger partial charge in [-0.3, -0.25) is 9.58 Å². The van der Waals surface area contributed by atoms with Gasteiger partial charge in [0.05, 0.1) is 30.1 Å². The zero-order chi connectivity index (χ0) is 21.9. The van der Waals surface area contributed by atoms with Crippen LogP contribution in [0, 0.1) is 6.92 Å². The van der Waals surface area contributed by atoms with Crippen molar-refractivity contribution in [2.24, 2.45) is 0 Å². The molecule has 2 aromatic heterocycles. The van der Waals surface area contributed by atoms with E-state index in [9.17, 15) is 13.2 Å². The van der Waals surface area contributed by atoms with E-state index in [1.807, 2.05) is 17.8 Å². The first kappa shape index (κ1) is 22.3. The highest BCUT2D eigenvalue weighted by Gasteiger charge is 2.35. The van der Waals surface area contributed by atoms with E-state index in [0.717, 1.165) is 39.0 Å². The van der Waals surface area contributed by atoms with E-state index in [4.69, 9.17) is 4.74 Å². The van der Waals surface area contributed by atoms with Crippen molar-refractivity contribution in [3.63, 3.8) is 0 Å². The highest BCUT2D eigenvalue weighted by atomic mass is 19.4. The summed E-state index contributed by atoms with van der Waals surface area (Å²) in [6.07, 6.45) is -1.90. The summed E-state index contributed by atoms with van der Waals surface area (Å²) in [6, 6.07) is 0. The normalized spacial score (nSPS) is 16.0. The third-order valence-electron chi connectivity index (χ3n) is 4.92. The lowest BCUT2D eigenvalue weighted by atomic mass is 10.1. The van der Waals surface area contributed by atoms with Crippen LogP contribution in [-0.2, 0) is 16.5 Å². The standard InChI is InChI=1S/C19H28F3N7O/c1-5-23-16-14(19(20,21)22)10-24-17(26-16)25-15-11-29(27-13(15)2)18(3,4)12-28-6-8-30-9-7-28/h10-11H,5-9,12H2,1-4H3,(H2,23,24,25,26). The number of nitrogens with zero attached hydrogens (tertiary/aromatic N) is 5. The summed E-state index contributed by atoms with van der Waals surface area (Å²) in [4.78, 5) is 10.2. The molecular weight excluding hydrogens is 399 g/mol. The lowest BCUT2D eigenvalue weighted by Gasteiger charge is -2.35. The molecule has 1 aliphatic heterocycles. The fraction of sp³-hybridized carbons (Fsp3) is 0.632. The summed E-state index contributed by atoms with van der Waals surface area (Å²) < 4.78 is 46.7. The zero-order valence-electron chi connectivity index (χ0n) is 17.7. The lowest BCUT2D eigenvalue weighted by Crippen LogP contribution is -2.46. The molecule has 0 saturated carbocycles. The van der Waals surface area contributed by atoms with Crippen molar-refractivity contribution in [3.8, 4) is 0 Å². The second-order valence-electron chi connectivity index (χ2n) is 7.88. The Morgan fingerprint density at radius 2 is 1.90 bits per heavy atom. The Morgan fingerprint density at radius 3 is 2.53 bits per heavy atom. The van der Waals surface area contributed by atoms with Crippen LogP contribution in [0.3, 0.4) is 0 Å². The minimum Gasteiger partial charge on any atom is -0.379 e. The molecule has 2 N–H and O–H groups in total. The lowest BCUT2D eigenvalue weighted by molar-refractivity contribution is -0.137. The molecule has 166 valence electrons. The Morgan fingerprint density at radius 1 is 1.20 bits per heavy atom. The maximum atomic E-state index is 13.2. The van der Waals surface area contributed by atoms with Gasteiger partial charge in [-0.2, -0.15) is 23.3 Å². The Bertz CT molecular complexity index is 860. The average Bonchev–Trinajstić information content (AvgIpc) is 3.03. The molecule has 0 amide bonds. The number of ether oxygens (including phenoxy) is 1. The molecule has 0 aliphatic carbocycles. The van der Waals surface area contributed by atoms with Gasteiger partial charge in [-0.1, -0.05) is 0 Å². The quantitative estimate of drug-likeness (QED) is 0.702. The smallest absolute Gasteiger partial charge is 0.379 e. The number of halogens is 3. The largest absolute Gasteiger partial charge is 0.421 e. The van der Waals surface area contributed by atoms with Gasteiger partial charge in [-0.15, -0.1) is 0 Å². The molecule has 0 atom stereocenters. The summed E-state index contributed by atoms with van der Waals surface area (Å²) in [5.41, 5.74) is 0.178. The van der Waals surface area contributed by atoms with Gasteiger partial charge < -0.3 is 15.4 Å². The third kappa shape index (κ3) is 5.20. The van der Waals surface area contributed by atoms with E-state index in [1.54, 1.807) is 6.92 Å². The van der Waals surface area contributed by atoms with E-state index in [1.165, 1.54) is 0 Å². The number of aromatic nitrogens is 4. The van der Waals surface area contributed by atoms with Crippen LogP contribution < -0.4 is 10.6 Å². The second kappa shape index (κ2) is 8.76. The number of alkyl halides is 3. The summed E-state index contributed by atoms with van der Waals surface area (Å²) in [7, 11) is 0. The predicted molar refractivity (Wildman–Crippen MR) is 108 cm³/mol. The maximum Gasteiger partial charge on any atom is 0.421 e. The number of aryl methyl sites for hydroxylation is 1. The molecule has 1 aliphatic rings. The molecule has 0 radical (unpaired) electrons.